The number of aryl methyl sites for hydroxylation is 1. The second-order valence-electron chi connectivity index (χ2n) is 7.37. The monoisotopic (exact) mass is 339 g/mol. The average molecular weight is 340 g/mol. The zero-order chi connectivity index (χ0) is 16.1. The van der Waals surface area contributed by atoms with Crippen LogP contribution in [0, 0.1) is 12.3 Å². The predicted molar refractivity (Wildman–Crippen MR) is 92.3 cm³/mol. The Labute approximate surface area is 143 Å². The third kappa shape index (κ3) is 3.04. The number of aromatic amines is 1. The van der Waals surface area contributed by atoms with E-state index in [1.807, 2.05) is 11.8 Å². The first-order chi connectivity index (χ1) is 10.3. The van der Waals surface area contributed by atoms with Gasteiger partial charge in [0.1, 0.15) is 5.69 Å². The molecule has 0 radical (unpaired) electrons. The van der Waals surface area contributed by atoms with Gasteiger partial charge in [0, 0.05) is 36.8 Å². The Balaban J connectivity index is 0.00000192. The van der Waals surface area contributed by atoms with Gasteiger partial charge in [-0.25, -0.2) is 0 Å². The number of piperidine rings is 1. The van der Waals surface area contributed by atoms with E-state index in [0.29, 0.717) is 25.2 Å². The quantitative estimate of drug-likeness (QED) is 0.824. The molecule has 1 fully saturated rings. The lowest BCUT2D eigenvalue weighted by molar-refractivity contribution is 0.0527. The maximum Gasteiger partial charge on any atom is 0.270 e. The van der Waals surface area contributed by atoms with Crippen molar-refractivity contribution in [3.63, 3.8) is 0 Å². The van der Waals surface area contributed by atoms with Gasteiger partial charge in [0.05, 0.1) is 0 Å². The van der Waals surface area contributed by atoms with E-state index in [0.717, 1.165) is 36.1 Å². The number of nitrogens with zero attached hydrogens (tertiary/aromatic N) is 1. The number of aromatic nitrogens is 1. The van der Waals surface area contributed by atoms with Gasteiger partial charge < -0.3 is 15.6 Å². The van der Waals surface area contributed by atoms with Gasteiger partial charge in [0.2, 0.25) is 0 Å². The minimum Gasteiger partial charge on any atom is -0.354 e. The van der Waals surface area contributed by atoms with Crippen LogP contribution >= 0.6 is 12.4 Å². The Morgan fingerprint density at radius 3 is 2.65 bits per heavy atom. The van der Waals surface area contributed by atoms with Crippen molar-refractivity contribution >= 4 is 24.1 Å². The summed E-state index contributed by atoms with van der Waals surface area (Å²) in [4.78, 5) is 30.1. The molecule has 1 aromatic heterocycles. The van der Waals surface area contributed by atoms with E-state index < -0.39 is 0 Å². The number of carbonyl (C=O) groups is 2. The second kappa shape index (κ2) is 6.29. The molecular formula is C17H26ClN3O2. The standard InChI is InChI=1S/C17H25N3O2.ClH/c1-10-14-11(5-4-6-12(14)21)19-15(10)16(22)20-8-7-13(18)17(2,3)9-20;/h13,19H,4-9,18H2,1-3H3;1H. The van der Waals surface area contributed by atoms with Gasteiger partial charge in [0.25, 0.3) is 5.91 Å². The van der Waals surface area contributed by atoms with Gasteiger partial charge in [-0.1, -0.05) is 13.8 Å². The number of rotatable bonds is 1. The summed E-state index contributed by atoms with van der Waals surface area (Å²) in [5.74, 6) is 0.162. The number of ketones is 1. The van der Waals surface area contributed by atoms with Crippen molar-refractivity contribution in [1.29, 1.82) is 0 Å². The fourth-order valence-electron chi connectivity index (χ4n) is 3.69. The molecule has 2 heterocycles. The molecule has 5 nitrogen and oxygen atoms in total. The van der Waals surface area contributed by atoms with Gasteiger partial charge >= 0.3 is 0 Å². The zero-order valence-corrected chi connectivity index (χ0v) is 14.9. The number of likely N-dealkylation sites (tertiary alicyclic amines) is 1. The molecule has 0 bridgehead atoms. The Kier molecular flexibility index (Phi) is 4.92. The number of halogens is 1. The molecule has 1 unspecified atom stereocenters. The van der Waals surface area contributed by atoms with Crippen LogP contribution in [-0.4, -0.2) is 40.7 Å². The first-order valence-electron chi connectivity index (χ1n) is 8.11. The average Bonchev–Trinajstić information content (AvgIpc) is 2.79. The van der Waals surface area contributed by atoms with Crippen LogP contribution in [0.3, 0.4) is 0 Å². The van der Waals surface area contributed by atoms with Crippen LogP contribution < -0.4 is 5.73 Å². The van der Waals surface area contributed by atoms with E-state index >= 15 is 0 Å². The molecule has 1 aliphatic carbocycles. The molecule has 0 aromatic carbocycles. The number of hydrogen-bond donors (Lipinski definition) is 2. The fraction of sp³-hybridized carbons (Fsp3) is 0.647. The molecule has 1 atom stereocenters. The highest BCUT2D eigenvalue weighted by Gasteiger charge is 2.37. The summed E-state index contributed by atoms with van der Waals surface area (Å²) in [7, 11) is 0. The number of Topliss-reactive ketones (excluding diaryl/α,β-unsaturated/α-hetero) is 1. The van der Waals surface area contributed by atoms with Crippen LogP contribution in [0.1, 0.15) is 65.2 Å². The summed E-state index contributed by atoms with van der Waals surface area (Å²) in [6.07, 6.45) is 3.12. The lowest BCUT2D eigenvalue weighted by Crippen LogP contribution is -2.54. The molecule has 1 aliphatic heterocycles. The molecule has 0 spiro atoms. The summed E-state index contributed by atoms with van der Waals surface area (Å²) < 4.78 is 0. The summed E-state index contributed by atoms with van der Waals surface area (Å²) in [6.45, 7) is 7.43. The van der Waals surface area contributed by atoms with Crippen molar-refractivity contribution in [1.82, 2.24) is 9.88 Å². The molecule has 1 saturated heterocycles. The highest BCUT2D eigenvalue weighted by molar-refractivity contribution is 6.04. The molecule has 3 N–H and O–H groups in total. The van der Waals surface area contributed by atoms with E-state index in [9.17, 15) is 9.59 Å². The van der Waals surface area contributed by atoms with Crippen molar-refractivity contribution in [3.05, 3.63) is 22.5 Å². The molecule has 6 heteroatoms. The minimum atomic E-state index is -0.0795. The van der Waals surface area contributed by atoms with Crippen LogP contribution in [0.25, 0.3) is 0 Å². The second-order valence-corrected chi connectivity index (χ2v) is 7.37. The first kappa shape index (κ1) is 18.0. The highest BCUT2D eigenvalue weighted by Crippen LogP contribution is 2.31. The lowest BCUT2D eigenvalue weighted by Gasteiger charge is -2.42. The third-order valence-corrected chi connectivity index (χ3v) is 5.25. The van der Waals surface area contributed by atoms with E-state index in [-0.39, 0.29) is 35.6 Å². The molecule has 1 amide bonds. The van der Waals surface area contributed by atoms with Gasteiger partial charge in [-0.15, -0.1) is 12.4 Å². The lowest BCUT2D eigenvalue weighted by atomic mass is 9.79. The Morgan fingerprint density at radius 2 is 2.04 bits per heavy atom. The summed E-state index contributed by atoms with van der Waals surface area (Å²) in [5, 5.41) is 0. The normalized spacial score (nSPS) is 23.2. The van der Waals surface area contributed by atoms with Crippen LogP contribution in [0.15, 0.2) is 0 Å². The Morgan fingerprint density at radius 1 is 1.35 bits per heavy atom. The van der Waals surface area contributed by atoms with E-state index in [2.05, 4.69) is 18.8 Å². The van der Waals surface area contributed by atoms with E-state index in [4.69, 9.17) is 5.73 Å². The highest BCUT2D eigenvalue weighted by atomic mass is 35.5. The third-order valence-electron chi connectivity index (χ3n) is 5.25. The summed E-state index contributed by atoms with van der Waals surface area (Å²) >= 11 is 0. The number of nitrogens with two attached hydrogens (primary N) is 1. The van der Waals surface area contributed by atoms with Crippen LogP contribution in [-0.2, 0) is 6.42 Å². The fourth-order valence-corrected chi connectivity index (χ4v) is 3.69. The van der Waals surface area contributed by atoms with Crippen LogP contribution in [0.4, 0.5) is 0 Å². The zero-order valence-electron chi connectivity index (χ0n) is 14.1. The van der Waals surface area contributed by atoms with Crippen molar-refractivity contribution < 1.29 is 9.59 Å². The Bertz CT molecular complexity index is 636. The molecule has 128 valence electrons. The Hall–Kier alpha value is -1.33. The van der Waals surface area contributed by atoms with Crippen molar-refractivity contribution in [2.75, 3.05) is 13.1 Å². The topological polar surface area (TPSA) is 79.2 Å². The summed E-state index contributed by atoms with van der Waals surface area (Å²) in [6, 6.07) is 0.121. The van der Waals surface area contributed by atoms with Gasteiger partial charge in [-0.3, -0.25) is 9.59 Å². The minimum absolute atomic E-state index is 0. The number of H-pyrrole nitrogens is 1. The number of fused-ring (bicyclic) bond motifs is 1. The first-order valence-corrected chi connectivity index (χ1v) is 8.11. The predicted octanol–water partition coefficient (Wildman–Crippen LogP) is 2.46. The molecule has 2 aliphatic rings. The maximum absolute atomic E-state index is 12.9. The van der Waals surface area contributed by atoms with Crippen LogP contribution in [0.2, 0.25) is 0 Å². The van der Waals surface area contributed by atoms with Gasteiger partial charge in [-0.05, 0) is 37.2 Å². The molecule has 3 rings (SSSR count). The van der Waals surface area contributed by atoms with Gasteiger partial charge in [-0.2, -0.15) is 0 Å². The van der Waals surface area contributed by atoms with E-state index in [1.54, 1.807) is 0 Å². The van der Waals surface area contributed by atoms with Gasteiger partial charge in [0.15, 0.2) is 5.78 Å². The number of carbonyl (C=O) groups excluding carboxylic acids is 2. The number of hydrogen-bond acceptors (Lipinski definition) is 3. The summed E-state index contributed by atoms with van der Waals surface area (Å²) in [5.41, 5.74) is 9.17. The smallest absolute Gasteiger partial charge is 0.270 e. The molecule has 1 aromatic rings. The van der Waals surface area contributed by atoms with Crippen molar-refractivity contribution in [2.45, 2.75) is 52.5 Å². The van der Waals surface area contributed by atoms with E-state index in [1.165, 1.54) is 0 Å². The van der Waals surface area contributed by atoms with Crippen molar-refractivity contribution in [2.24, 2.45) is 11.1 Å². The number of nitrogens with one attached hydrogen (secondary N) is 1. The molecule has 0 saturated carbocycles. The van der Waals surface area contributed by atoms with Crippen molar-refractivity contribution in [3.8, 4) is 0 Å². The molecular weight excluding hydrogens is 314 g/mol. The number of amides is 1. The molecule has 23 heavy (non-hydrogen) atoms. The largest absolute Gasteiger partial charge is 0.354 e. The van der Waals surface area contributed by atoms with Crippen LogP contribution in [0.5, 0.6) is 0 Å². The maximum atomic E-state index is 12.9. The SMILES string of the molecule is Cc1c(C(=O)N2CCC(N)C(C)(C)C2)[nH]c2c1C(=O)CCC2.Cl.